The van der Waals surface area contributed by atoms with Gasteiger partial charge in [0.05, 0.1) is 18.6 Å². The number of ether oxygens (including phenoxy) is 1. The molecule has 4 heteroatoms. The second kappa shape index (κ2) is 6.58. The van der Waals surface area contributed by atoms with E-state index in [1.165, 1.54) is 5.69 Å². The molecule has 1 N–H and O–H groups in total. The van der Waals surface area contributed by atoms with E-state index in [2.05, 4.69) is 24.1 Å². The van der Waals surface area contributed by atoms with Crippen LogP contribution in [0.1, 0.15) is 19.5 Å². The normalized spacial score (nSPS) is 11.2. The zero-order chi connectivity index (χ0) is 11.1. The largest absolute Gasteiger partial charge is 0.380 e. The smallest absolute Gasteiger partial charge is 0.0945 e. The Labute approximate surface area is 91.7 Å². The van der Waals surface area contributed by atoms with Crippen LogP contribution in [0.15, 0.2) is 12.5 Å². The number of hydrogen-bond donors (Lipinski definition) is 1. The van der Waals surface area contributed by atoms with Gasteiger partial charge < -0.3 is 14.6 Å². The summed E-state index contributed by atoms with van der Waals surface area (Å²) in [5.74, 6) is 0.613. The molecule has 0 saturated heterocycles. The molecule has 0 amide bonds. The van der Waals surface area contributed by atoms with Crippen molar-refractivity contribution >= 4 is 0 Å². The van der Waals surface area contributed by atoms with E-state index in [-0.39, 0.29) is 0 Å². The maximum absolute atomic E-state index is 5.46. The van der Waals surface area contributed by atoms with Crippen molar-refractivity contribution in [2.75, 3.05) is 19.8 Å². The standard InChI is InChI=1S/C11H21N3O/c1-10(2)8-15-5-4-12-6-11-7-13-9-14(11)3/h7,9-10,12H,4-6,8H2,1-3H3. The Kier molecular flexibility index (Phi) is 5.36. The summed E-state index contributed by atoms with van der Waals surface area (Å²) >= 11 is 0. The van der Waals surface area contributed by atoms with Gasteiger partial charge in [-0.15, -0.1) is 0 Å². The van der Waals surface area contributed by atoms with E-state index in [4.69, 9.17) is 4.74 Å². The van der Waals surface area contributed by atoms with Crippen LogP contribution in [-0.2, 0) is 18.3 Å². The van der Waals surface area contributed by atoms with Crippen LogP contribution in [0, 0.1) is 5.92 Å². The van der Waals surface area contributed by atoms with E-state index < -0.39 is 0 Å². The van der Waals surface area contributed by atoms with Gasteiger partial charge in [0.1, 0.15) is 0 Å². The molecule has 0 aromatic carbocycles. The molecule has 0 fully saturated rings. The molecule has 1 heterocycles. The van der Waals surface area contributed by atoms with Gasteiger partial charge in [0.15, 0.2) is 0 Å². The van der Waals surface area contributed by atoms with Gasteiger partial charge in [-0.3, -0.25) is 0 Å². The molecule has 1 aromatic heterocycles. The van der Waals surface area contributed by atoms with Crippen molar-refractivity contribution in [3.63, 3.8) is 0 Å². The lowest BCUT2D eigenvalue weighted by atomic mass is 10.2. The predicted molar refractivity (Wildman–Crippen MR) is 60.6 cm³/mol. The summed E-state index contributed by atoms with van der Waals surface area (Å²) in [6.45, 7) is 7.66. The van der Waals surface area contributed by atoms with Crippen molar-refractivity contribution in [1.82, 2.24) is 14.9 Å². The van der Waals surface area contributed by atoms with Crippen molar-refractivity contribution in [1.29, 1.82) is 0 Å². The van der Waals surface area contributed by atoms with Crippen LogP contribution < -0.4 is 5.32 Å². The second-order valence-electron chi connectivity index (χ2n) is 4.14. The summed E-state index contributed by atoms with van der Waals surface area (Å²) in [5.41, 5.74) is 1.19. The van der Waals surface area contributed by atoms with Crippen molar-refractivity contribution in [2.45, 2.75) is 20.4 Å². The van der Waals surface area contributed by atoms with Gasteiger partial charge in [0, 0.05) is 32.9 Å². The van der Waals surface area contributed by atoms with Crippen LogP contribution in [0.2, 0.25) is 0 Å². The highest BCUT2D eigenvalue weighted by Gasteiger charge is 1.97. The molecule has 0 aliphatic heterocycles. The minimum Gasteiger partial charge on any atom is -0.380 e. The summed E-state index contributed by atoms with van der Waals surface area (Å²) in [7, 11) is 2.00. The quantitative estimate of drug-likeness (QED) is 0.688. The summed E-state index contributed by atoms with van der Waals surface area (Å²) < 4.78 is 7.48. The van der Waals surface area contributed by atoms with Gasteiger partial charge in [-0.1, -0.05) is 13.8 Å². The van der Waals surface area contributed by atoms with Crippen LogP contribution in [0.4, 0.5) is 0 Å². The lowest BCUT2D eigenvalue weighted by molar-refractivity contribution is 0.111. The number of imidazole rings is 1. The summed E-state index contributed by atoms with van der Waals surface area (Å²) in [6.07, 6.45) is 3.69. The third kappa shape index (κ3) is 4.95. The molecule has 1 aromatic rings. The molecule has 1 rings (SSSR count). The van der Waals surface area contributed by atoms with Crippen molar-refractivity contribution in [3.8, 4) is 0 Å². The van der Waals surface area contributed by atoms with Crippen LogP contribution >= 0.6 is 0 Å². The molecule has 15 heavy (non-hydrogen) atoms. The van der Waals surface area contributed by atoms with Crippen LogP contribution in [-0.4, -0.2) is 29.3 Å². The fraction of sp³-hybridized carbons (Fsp3) is 0.727. The van der Waals surface area contributed by atoms with E-state index >= 15 is 0 Å². The first kappa shape index (κ1) is 12.2. The highest BCUT2D eigenvalue weighted by molar-refractivity contribution is 4.96. The van der Waals surface area contributed by atoms with E-state index in [1.54, 1.807) is 0 Å². The molecule has 0 aliphatic carbocycles. The Balaban J connectivity index is 2.00. The molecule has 0 bridgehead atoms. The van der Waals surface area contributed by atoms with Gasteiger partial charge >= 0.3 is 0 Å². The summed E-state index contributed by atoms with van der Waals surface area (Å²) in [5, 5.41) is 3.32. The fourth-order valence-electron chi connectivity index (χ4n) is 1.23. The Morgan fingerprint density at radius 3 is 2.93 bits per heavy atom. The first-order chi connectivity index (χ1) is 7.20. The van der Waals surface area contributed by atoms with Gasteiger partial charge in [-0.25, -0.2) is 4.98 Å². The maximum atomic E-state index is 5.46. The van der Waals surface area contributed by atoms with E-state index in [1.807, 2.05) is 24.1 Å². The van der Waals surface area contributed by atoms with E-state index in [0.29, 0.717) is 5.92 Å². The van der Waals surface area contributed by atoms with E-state index in [0.717, 1.165) is 26.3 Å². The van der Waals surface area contributed by atoms with E-state index in [9.17, 15) is 0 Å². The predicted octanol–water partition coefficient (Wildman–Crippen LogP) is 1.18. The molecule has 0 radical (unpaired) electrons. The van der Waals surface area contributed by atoms with Crippen LogP contribution in [0.3, 0.4) is 0 Å². The topological polar surface area (TPSA) is 39.1 Å². The molecule has 4 nitrogen and oxygen atoms in total. The molecule has 0 atom stereocenters. The number of nitrogens with one attached hydrogen (secondary N) is 1. The second-order valence-corrected chi connectivity index (χ2v) is 4.14. The average molecular weight is 211 g/mol. The lowest BCUT2D eigenvalue weighted by Crippen LogP contribution is -2.21. The Morgan fingerprint density at radius 1 is 1.53 bits per heavy atom. The van der Waals surface area contributed by atoms with Crippen molar-refractivity contribution < 1.29 is 4.74 Å². The zero-order valence-electron chi connectivity index (χ0n) is 9.86. The van der Waals surface area contributed by atoms with Gasteiger partial charge in [-0.05, 0) is 5.92 Å². The summed E-state index contributed by atoms with van der Waals surface area (Å²) in [6, 6.07) is 0. The van der Waals surface area contributed by atoms with Crippen LogP contribution in [0.5, 0.6) is 0 Å². The molecule has 0 spiro atoms. The molecular formula is C11H21N3O. The number of hydrogen-bond acceptors (Lipinski definition) is 3. The first-order valence-electron chi connectivity index (χ1n) is 5.44. The highest BCUT2D eigenvalue weighted by Crippen LogP contribution is 1.94. The maximum Gasteiger partial charge on any atom is 0.0945 e. The van der Waals surface area contributed by atoms with Crippen molar-refractivity contribution in [2.24, 2.45) is 13.0 Å². The number of aromatic nitrogens is 2. The van der Waals surface area contributed by atoms with Crippen molar-refractivity contribution in [3.05, 3.63) is 18.2 Å². The molecular weight excluding hydrogens is 190 g/mol. The SMILES string of the molecule is CC(C)COCCNCc1cncn1C. The van der Waals surface area contributed by atoms with Gasteiger partial charge in [0.25, 0.3) is 0 Å². The average Bonchev–Trinajstić information content (AvgIpc) is 2.57. The monoisotopic (exact) mass is 211 g/mol. The highest BCUT2D eigenvalue weighted by atomic mass is 16.5. The third-order valence-electron chi connectivity index (χ3n) is 2.10. The van der Waals surface area contributed by atoms with Crippen LogP contribution in [0.25, 0.3) is 0 Å². The number of nitrogens with zero attached hydrogens (tertiary/aromatic N) is 2. The third-order valence-corrected chi connectivity index (χ3v) is 2.10. The summed E-state index contributed by atoms with van der Waals surface area (Å²) in [4.78, 5) is 4.05. The molecule has 0 unspecified atom stereocenters. The Morgan fingerprint density at radius 2 is 2.33 bits per heavy atom. The van der Waals surface area contributed by atoms with Gasteiger partial charge in [-0.2, -0.15) is 0 Å². The van der Waals surface area contributed by atoms with Gasteiger partial charge in [0.2, 0.25) is 0 Å². The molecule has 0 aliphatic rings. The zero-order valence-corrected chi connectivity index (χ0v) is 9.86. The minimum atomic E-state index is 0.613. The number of aryl methyl sites for hydroxylation is 1. The minimum absolute atomic E-state index is 0.613. The first-order valence-corrected chi connectivity index (χ1v) is 5.44. The Bertz CT molecular complexity index is 271. The molecule has 86 valence electrons. The Hall–Kier alpha value is -0.870. The number of rotatable bonds is 7. The fourth-order valence-corrected chi connectivity index (χ4v) is 1.23. The molecule has 0 saturated carbocycles. The lowest BCUT2D eigenvalue weighted by Gasteiger charge is -2.08.